The molecule has 1 aliphatic heterocycles. The Labute approximate surface area is 136 Å². The van der Waals surface area contributed by atoms with E-state index in [4.69, 9.17) is 4.74 Å². The number of hydrogen-bond acceptors (Lipinski definition) is 4. The van der Waals surface area contributed by atoms with E-state index < -0.39 is 0 Å². The molecule has 23 heavy (non-hydrogen) atoms. The molecule has 0 saturated heterocycles. The first-order chi connectivity index (χ1) is 11.1. The molecule has 2 aromatic rings. The van der Waals surface area contributed by atoms with Crippen molar-refractivity contribution < 1.29 is 9.13 Å². The Hall–Kier alpha value is -1.92. The van der Waals surface area contributed by atoms with Gasteiger partial charge in [-0.25, -0.2) is 4.39 Å². The molecule has 0 spiro atoms. The van der Waals surface area contributed by atoms with Gasteiger partial charge in [-0.3, -0.25) is 9.58 Å². The standard InChI is InChI=1S/C17H23FN4O/c1-12(15-5-4-14(23-3)8-16(15)18)19-9-13-10-20-22-7-6-21(2)11-17(13)22/h4-5,8,10,12,19H,6-7,9,11H2,1-3H3. The van der Waals surface area contributed by atoms with E-state index in [9.17, 15) is 4.39 Å². The Balaban J connectivity index is 1.68. The molecule has 0 saturated carbocycles. The Morgan fingerprint density at radius 2 is 2.22 bits per heavy atom. The van der Waals surface area contributed by atoms with Crippen LogP contribution in [0.3, 0.4) is 0 Å². The predicted octanol–water partition coefficient (Wildman–Crippen LogP) is 2.33. The highest BCUT2D eigenvalue weighted by molar-refractivity contribution is 5.30. The zero-order valence-corrected chi connectivity index (χ0v) is 13.8. The molecule has 1 aliphatic rings. The van der Waals surface area contributed by atoms with E-state index in [1.165, 1.54) is 24.4 Å². The van der Waals surface area contributed by atoms with E-state index in [2.05, 4.69) is 27.0 Å². The Kier molecular flexibility index (Phi) is 4.63. The molecule has 124 valence electrons. The van der Waals surface area contributed by atoms with Gasteiger partial charge in [0.15, 0.2) is 0 Å². The van der Waals surface area contributed by atoms with Crippen LogP contribution in [-0.4, -0.2) is 35.4 Å². The number of nitrogens with zero attached hydrogens (tertiary/aromatic N) is 3. The minimum atomic E-state index is -0.249. The fourth-order valence-electron chi connectivity index (χ4n) is 2.93. The summed E-state index contributed by atoms with van der Waals surface area (Å²) < 4.78 is 21.2. The zero-order valence-electron chi connectivity index (χ0n) is 13.8. The molecule has 0 amide bonds. The lowest BCUT2D eigenvalue weighted by Gasteiger charge is -2.24. The van der Waals surface area contributed by atoms with E-state index in [0.29, 0.717) is 17.9 Å². The largest absolute Gasteiger partial charge is 0.497 e. The number of nitrogens with one attached hydrogen (secondary N) is 1. The second-order valence-corrected chi connectivity index (χ2v) is 6.07. The van der Waals surface area contributed by atoms with Gasteiger partial charge in [-0.1, -0.05) is 6.07 Å². The summed E-state index contributed by atoms with van der Waals surface area (Å²) >= 11 is 0. The number of aromatic nitrogens is 2. The summed E-state index contributed by atoms with van der Waals surface area (Å²) in [6.07, 6.45) is 1.92. The van der Waals surface area contributed by atoms with Gasteiger partial charge < -0.3 is 10.1 Å². The first kappa shape index (κ1) is 16.0. The summed E-state index contributed by atoms with van der Waals surface area (Å²) in [5.74, 6) is 0.285. The van der Waals surface area contributed by atoms with Gasteiger partial charge in [0.2, 0.25) is 0 Å². The fourth-order valence-corrected chi connectivity index (χ4v) is 2.93. The van der Waals surface area contributed by atoms with Crippen molar-refractivity contribution in [1.82, 2.24) is 20.0 Å². The van der Waals surface area contributed by atoms with Crippen molar-refractivity contribution in [2.24, 2.45) is 0 Å². The van der Waals surface area contributed by atoms with Crippen LogP contribution in [0.2, 0.25) is 0 Å². The molecule has 1 unspecified atom stereocenters. The molecule has 0 radical (unpaired) electrons. The van der Waals surface area contributed by atoms with Crippen molar-refractivity contribution in [3.05, 3.63) is 47.0 Å². The van der Waals surface area contributed by atoms with Crippen molar-refractivity contribution in [3.63, 3.8) is 0 Å². The van der Waals surface area contributed by atoms with E-state index in [0.717, 1.165) is 19.6 Å². The number of ether oxygens (including phenoxy) is 1. The number of methoxy groups -OCH3 is 1. The molecule has 1 aromatic carbocycles. The van der Waals surface area contributed by atoms with E-state index >= 15 is 0 Å². The average molecular weight is 318 g/mol. The highest BCUT2D eigenvalue weighted by Crippen LogP contribution is 2.22. The quantitative estimate of drug-likeness (QED) is 0.919. The molecule has 2 heterocycles. The maximum Gasteiger partial charge on any atom is 0.131 e. The van der Waals surface area contributed by atoms with Crippen molar-refractivity contribution in [3.8, 4) is 5.75 Å². The highest BCUT2D eigenvalue weighted by atomic mass is 19.1. The predicted molar refractivity (Wildman–Crippen MR) is 86.8 cm³/mol. The third kappa shape index (κ3) is 3.38. The lowest BCUT2D eigenvalue weighted by atomic mass is 10.1. The van der Waals surface area contributed by atoms with Crippen LogP contribution in [0.5, 0.6) is 5.75 Å². The summed E-state index contributed by atoms with van der Waals surface area (Å²) in [5, 5.41) is 7.83. The van der Waals surface area contributed by atoms with Gasteiger partial charge in [0, 0.05) is 42.9 Å². The van der Waals surface area contributed by atoms with E-state index in [1.807, 2.05) is 13.1 Å². The number of halogens is 1. The van der Waals surface area contributed by atoms with Crippen molar-refractivity contribution in [1.29, 1.82) is 0 Å². The van der Waals surface area contributed by atoms with Crippen LogP contribution in [0.1, 0.15) is 29.8 Å². The van der Waals surface area contributed by atoms with E-state index in [1.54, 1.807) is 12.1 Å². The Bertz CT molecular complexity index is 685. The number of likely N-dealkylation sites (N-methyl/N-ethyl adjacent to an activating group) is 1. The lowest BCUT2D eigenvalue weighted by Crippen LogP contribution is -2.31. The summed E-state index contributed by atoms with van der Waals surface area (Å²) in [5.41, 5.74) is 3.06. The third-order valence-electron chi connectivity index (χ3n) is 4.42. The molecule has 5 nitrogen and oxygen atoms in total. The molecule has 1 aromatic heterocycles. The molecule has 0 aliphatic carbocycles. The fraction of sp³-hybridized carbons (Fsp3) is 0.471. The van der Waals surface area contributed by atoms with Crippen LogP contribution in [-0.2, 0) is 19.6 Å². The van der Waals surface area contributed by atoms with Crippen LogP contribution in [0, 0.1) is 5.82 Å². The number of benzene rings is 1. The number of fused-ring (bicyclic) bond motifs is 1. The van der Waals surface area contributed by atoms with Crippen LogP contribution in [0.15, 0.2) is 24.4 Å². The number of rotatable bonds is 5. The number of hydrogen-bond donors (Lipinski definition) is 1. The molecule has 0 bridgehead atoms. The van der Waals surface area contributed by atoms with Gasteiger partial charge in [-0.15, -0.1) is 0 Å². The average Bonchev–Trinajstić information content (AvgIpc) is 2.94. The SMILES string of the molecule is COc1ccc(C(C)NCc2cnn3c2CN(C)CC3)c(F)c1. The summed E-state index contributed by atoms with van der Waals surface area (Å²) in [7, 11) is 3.65. The van der Waals surface area contributed by atoms with Crippen molar-refractivity contribution in [2.45, 2.75) is 32.6 Å². The maximum absolute atomic E-state index is 14.1. The lowest BCUT2D eigenvalue weighted by molar-refractivity contribution is 0.257. The molecular weight excluding hydrogens is 295 g/mol. The molecule has 0 fully saturated rings. The van der Waals surface area contributed by atoms with Gasteiger partial charge in [0.1, 0.15) is 11.6 Å². The summed E-state index contributed by atoms with van der Waals surface area (Å²) in [6, 6.07) is 4.89. The van der Waals surface area contributed by atoms with Gasteiger partial charge in [0.25, 0.3) is 0 Å². The van der Waals surface area contributed by atoms with Gasteiger partial charge in [0.05, 0.1) is 25.5 Å². The van der Waals surface area contributed by atoms with Crippen molar-refractivity contribution in [2.75, 3.05) is 20.7 Å². The van der Waals surface area contributed by atoms with Gasteiger partial charge in [-0.05, 0) is 20.0 Å². The van der Waals surface area contributed by atoms with Crippen LogP contribution in [0.25, 0.3) is 0 Å². The Morgan fingerprint density at radius 3 is 2.96 bits per heavy atom. The second kappa shape index (κ2) is 6.68. The van der Waals surface area contributed by atoms with Gasteiger partial charge in [-0.2, -0.15) is 5.10 Å². The molecule has 3 rings (SSSR count). The molecule has 1 N–H and O–H groups in total. The maximum atomic E-state index is 14.1. The smallest absolute Gasteiger partial charge is 0.131 e. The Morgan fingerprint density at radius 1 is 1.39 bits per heavy atom. The normalized spacial score (nSPS) is 16.2. The third-order valence-corrected chi connectivity index (χ3v) is 4.42. The van der Waals surface area contributed by atoms with Crippen LogP contribution >= 0.6 is 0 Å². The van der Waals surface area contributed by atoms with Gasteiger partial charge >= 0.3 is 0 Å². The molecular formula is C17H23FN4O. The van der Waals surface area contributed by atoms with Crippen LogP contribution in [0.4, 0.5) is 4.39 Å². The summed E-state index contributed by atoms with van der Waals surface area (Å²) in [4.78, 5) is 2.28. The molecule has 1 atom stereocenters. The minimum Gasteiger partial charge on any atom is -0.497 e. The first-order valence-electron chi connectivity index (χ1n) is 7.87. The topological polar surface area (TPSA) is 42.3 Å². The minimum absolute atomic E-state index is 0.0854. The molecule has 6 heteroatoms. The zero-order chi connectivity index (χ0) is 16.4. The van der Waals surface area contributed by atoms with E-state index in [-0.39, 0.29) is 11.9 Å². The van der Waals surface area contributed by atoms with Crippen molar-refractivity contribution >= 4 is 0 Å². The first-order valence-corrected chi connectivity index (χ1v) is 7.87. The van der Waals surface area contributed by atoms with Crippen LogP contribution < -0.4 is 10.1 Å². The highest BCUT2D eigenvalue weighted by Gasteiger charge is 2.18. The second-order valence-electron chi connectivity index (χ2n) is 6.07. The monoisotopic (exact) mass is 318 g/mol. The summed E-state index contributed by atoms with van der Waals surface area (Å²) in [6.45, 7) is 5.49.